The summed E-state index contributed by atoms with van der Waals surface area (Å²) in [5.74, 6) is -0.811. The minimum atomic E-state index is -0.811. The molecular weight excluding hydrogens is 338 g/mol. The molecule has 2 aromatic carbocycles. The highest BCUT2D eigenvalue weighted by Gasteiger charge is 2.41. The Morgan fingerprint density at radius 3 is 2.84 bits per heavy atom. The number of fused-ring (bicyclic) bond motifs is 1. The maximum absolute atomic E-state index is 10.8. The highest BCUT2D eigenvalue weighted by molar-refractivity contribution is 6.30. The summed E-state index contributed by atoms with van der Waals surface area (Å²) in [6, 6.07) is 16.1. The van der Waals surface area contributed by atoms with Crippen LogP contribution in [0.1, 0.15) is 29.5 Å². The highest BCUT2D eigenvalue weighted by Crippen LogP contribution is 2.45. The molecule has 0 amide bonds. The fraction of sp³-hybridized carbons (Fsp3) is 0.350. The van der Waals surface area contributed by atoms with Crippen LogP contribution in [0.3, 0.4) is 0 Å². The summed E-state index contributed by atoms with van der Waals surface area (Å²) in [4.78, 5) is 12.6. The zero-order chi connectivity index (χ0) is 17.9. The maximum Gasteiger partial charge on any atom is 0.317 e. The molecular formula is C20H22ClNO3. The number of halogens is 1. The summed E-state index contributed by atoms with van der Waals surface area (Å²) in [5, 5.41) is 9.59. The third kappa shape index (κ3) is 3.87. The summed E-state index contributed by atoms with van der Waals surface area (Å²) in [5.41, 5.74) is 2.90. The van der Waals surface area contributed by atoms with Crippen molar-refractivity contribution >= 4 is 17.6 Å². The molecule has 0 radical (unpaired) electrons. The van der Waals surface area contributed by atoms with Gasteiger partial charge in [0, 0.05) is 5.02 Å². The zero-order valence-corrected chi connectivity index (χ0v) is 15.0. The van der Waals surface area contributed by atoms with Crippen molar-refractivity contribution in [2.24, 2.45) is 0 Å². The Morgan fingerprint density at radius 2 is 2.08 bits per heavy atom. The summed E-state index contributed by atoms with van der Waals surface area (Å²) in [6.07, 6.45) is 1.60. The molecule has 2 aromatic rings. The van der Waals surface area contributed by atoms with Gasteiger partial charge in [0.05, 0.1) is 13.2 Å². The number of hydrogen-bond donors (Lipinski definition) is 1. The fourth-order valence-electron chi connectivity index (χ4n) is 3.56. The highest BCUT2D eigenvalue weighted by atomic mass is 35.5. The second kappa shape index (κ2) is 7.56. The van der Waals surface area contributed by atoms with Gasteiger partial charge in [0.15, 0.2) is 0 Å². The molecule has 0 saturated carbocycles. The second-order valence-electron chi connectivity index (χ2n) is 6.52. The Morgan fingerprint density at radius 1 is 1.28 bits per heavy atom. The van der Waals surface area contributed by atoms with Crippen LogP contribution >= 0.6 is 11.6 Å². The van der Waals surface area contributed by atoms with E-state index in [1.54, 1.807) is 0 Å². The summed E-state index contributed by atoms with van der Waals surface area (Å²) >= 11 is 6.23. The van der Waals surface area contributed by atoms with Crippen molar-refractivity contribution in [2.75, 3.05) is 20.1 Å². The lowest BCUT2D eigenvalue weighted by atomic mass is 9.82. The van der Waals surface area contributed by atoms with Crippen LogP contribution in [0.4, 0.5) is 0 Å². The minimum Gasteiger partial charge on any atom is -0.480 e. The van der Waals surface area contributed by atoms with E-state index < -0.39 is 11.6 Å². The first kappa shape index (κ1) is 17.9. The van der Waals surface area contributed by atoms with Crippen molar-refractivity contribution in [1.29, 1.82) is 0 Å². The molecule has 1 aliphatic rings. The van der Waals surface area contributed by atoms with Crippen LogP contribution in [-0.2, 0) is 21.7 Å². The van der Waals surface area contributed by atoms with Crippen LogP contribution < -0.4 is 0 Å². The van der Waals surface area contributed by atoms with E-state index in [-0.39, 0.29) is 6.54 Å². The monoisotopic (exact) mass is 359 g/mol. The number of aliphatic carboxylic acids is 1. The van der Waals surface area contributed by atoms with E-state index in [0.29, 0.717) is 18.2 Å². The van der Waals surface area contributed by atoms with Crippen LogP contribution in [0.15, 0.2) is 48.5 Å². The van der Waals surface area contributed by atoms with E-state index in [9.17, 15) is 4.79 Å². The number of nitrogens with zero attached hydrogens (tertiary/aromatic N) is 1. The first-order chi connectivity index (χ1) is 12.0. The van der Waals surface area contributed by atoms with E-state index in [0.717, 1.165) is 18.4 Å². The van der Waals surface area contributed by atoms with Gasteiger partial charge < -0.3 is 9.84 Å². The predicted octanol–water partition coefficient (Wildman–Crippen LogP) is 3.91. The smallest absolute Gasteiger partial charge is 0.317 e. The molecule has 1 aliphatic heterocycles. The predicted molar refractivity (Wildman–Crippen MR) is 97.8 cm³/mol. The first-order valence-electron chi connectivity index (χ1n) is 8.40. The molecule has 0 saturated heterocycles. The number of rotatable bonds is 7. The molecule has 0 aromatic heterocycles. The van der Waals surface area contributed by atoms with Gasteiger partial charge in [0.1, 0.15) is 5.60 Å². The number of carbonyl (C=O) groups is 1. The van der Waals surface area contributed by atoms with Crippen molar-refractivity contribution in [3.63, 3.8) is 0 Å². The molecule has 0 aliphatic carbocycles. The standard InChI is InChI=1S/C20H22ClNO3/c1-22(13-19(23)24)11-5-10-20(16-7-4-8-17(21)12-16)18-9-3-2-6-15(18)14-25-20/h2-4,6-9,12H,5,10-11,13-14H2,1H3,(H,23,24)/t20-/m0/s1. The summed E-state index contributed by atoms with van der Waals surface area (Å²) < 4.78 is 6.32. The van der Waals surface area contributed by atoms with E-state index in [1.165, 1.54) is 11.1 Å². The van der Waals surface area contributed by atoms with Crippen molar-refractivity contribution in [3.05, 3.63) is 70.2 Å². The van der Waals surface area contributed by atoms with Gasteiger partial charge in [-0.25, -0.2) is 0 Å². The number of ether oxygens (including phenoxy) is 1. The Labute approximate surface area is 153 Å². The number of carboxylic acids is 1. The van der Waals surface area contributed by atoms with Gasteiger partial charge in [-0.05, 0) is 55.3 Å². The fourth-order valence-corrected chi connectivity index (χ4v) is 3.75. The van der Waals surface area contributed by atoms with Gasteiger partial charge in [-0.15, -0.1) is 0 Å². The number of hydrogen-bond acceptors (Lipinski definition) is 3. The van der Waals surface area contributed by atoms with Gasteiger partial charge in [-0.3, -0.25) is 9.69 Å². The topological polar surface area (TPSA) is 49.8 Å². The second-order valence-corrected chi connectivity index (χ2v) is 6.95. The minimum absolute atomic E-state index is 0.0433. The van der Waals surface area contributed by atoms with Crippen LogP contribution in [0.5, 0.6) is 0 Å². The third-order valence-electron chi connectivity index (χ3n) is 4.69. The average molecular weight is 360 g/mol. The largest absolute Gasteiger partial charge is 0.480 e. The maximum atomic E-state index is 10.8. The van der Waals surface area contributed by atoms with Crippen LogP contribution in [0.25, 0.3) is 0 Å². The zero-order valence-electron chi connectivity index (χ0n) is 14.2. The number of benzene rings is 2. The number of carboxylic acid groups (broad SMARTS) is 1. The van der Waals surface area contributed by atoms with Gasteiger partial charge in [-0.1, -0.05) is 48.0 Å². The Bertz CT molecular complexity index is 764. The van der Waals surface area contributed by atoms with Gasteiger partial charge in [-0.2, -0.15) is 0 Å². The molecule has 1 N–H and O–H groups in total. The van der Waals surface area contributed by atoms with E-state index >= 15 is 0 Å². The average Bonchev–Trinajstić information content (AvgIpc) is 2.94. The van der Waals surface area contributed by atoms with Crippen LogP contribution in [-0.4, -0.2) is 36.1 Å². The van der Waals surface area contributed by atoms with Crippen LogP contribution in [0.2, 0.25) is 5.02 Å². The van der Waals surface area contributed by atoms with Crippen molar-refractivity contribution in [2.45, 2.75) is 25.0 Å². The van der Waals surface area contributed by atoms with E-state index in [4.69, 9.17) is 21.4 Å². The molecule has 0 unspecified atom stereocenters. The van der Waals surface area contributed by atoms with E-state index in [2.05, 4.69) is 18.2 Å². The molecule has 4 nitrogen and oxygen atoms in total. The first-order valence-corrected chi connectivity index (χ1v) is 8.78. The molecule has 1 heterocycles. The van der Waals surface area contributed by atoms with Crippen LogP contribution in [0, 0.1) is 0 Å². The van der Waals surface area contributed by atoms with Gasteiger partial charge in [0.2, 0.25) is 0 Å². The van der Waals surface area contributed by atoms with Crippen molar-refractivity contribution in [3.8, 4) is 0 Å². The van der Waals surface area contributed by atoms with Gasteiger partial charge in [0.25, 0.3) is 0 Å². The van der Waals surface area contributed by atoms with Crippen molar-refractivity contribution < 1.29 is 14.6 Å². The third-order valence-corrected chi connectivity index (χ3v) is 4.93. The normalized spacial score (nSPS) is 19.2. The Balaban J connectivity index is 1.86. The lowest BCUT2D eigenvalue weighted by Gasteiger charge is -2.31. The lowest BCUT2D eigenvalue weighted by molar-refractivity contribution is -0.138. The molecule has 1 atom stereocenters. The summed E-state index contributed by atoms with van der Waals surface area (Å²) in [7, 11) is 1.82. The molecule has 0 bridgehead atoms. The SMILES string of the molecule is CN(CCC[C@@]1(c2cccc(Cl)c2)OCc2ccccc21)CC(=O)O. The Hall–Kier alpha value is -1.88. The number of likely N-dealkylation sites (N-methyl/N-ethyl adjacent to an activating group) is 1. The molecule has 3 rings (SSSR count). The molecule has 132 valence electrons. The quantitative estimate of drug-likeness (QED) is 0.814. The van der Waals surface area contributed by atoms with Crippen molar-refractivity contribution in [1.82, 2.24) is 4.90 Å². The Kier molecular flexibility index (Phi) is 5.42. The van der Waals surface area contributed by atoms with E-state index in [1.807, 2.05) is 42.3 Å². The molecule has 25 heavy (non-hydrogen) atoms. The molecule has 0 fully saturated rings. The summed E-state index contributed by atoms with van der Waals surface area (Å²) in [6.45, 7) is 1.31. The van der Waals surface area contributed by atoms with Gasteiger partial charge >= 0.3 is 5.97 Å². The molecule has 5 heteroatoms. The molecule has 0 spiro atoms. The lowest BCUT2D eigenvalue weighted by Crippen LogP contribution is -2.31.